The third-order valence-corrected chi connectivity index (χ3v) is 9.33. The fourth-order valence-corrected chi connectivity index (χ4v) is 7.25. The minimum absolute atomic E-state index is 0.0110. The van der Waals surface area contributed by atoms with Crippen molar-refractivity contribution >= 4 is 11.9 Å². The zero-order valence-corrected chi connectivity index (χ0v) is 22.2. The molecule has 0 radical (unpaired) electrons. The van der Waals surface area contributed by atoms with Crippen LogP contribution >= 0.6 is 0 Å². The minimum atomic E-state index is -0.334. The number of hydrogen-bond acceptors (Lipinski definition) is 4. The molecular formula is C30H46O4. The minimum Gasteiger partial charge on any atom is -0.462 e. The van der Waals surface area contributed by atoms with E-state index in [1.165, 1.54) is 12.8 Å². The van der Waals surface area contributed by atoms with Crippen molar-refractivity contribution in [3.8, 4) is 0 Å². The largest absolute Gasteiger partial charge is 0.462 e. The molecule has 0 spiro atoms. The molecule has 0 aromatic rings. The lowest BCUT2D eigenvalue weighted by Crippen LogP contribution is -2.38. The van der Waals surface area contributed by atoms with Crippen LogP contribution in [0.5, 0.6) is 0 Å². The molecule has 4 aliphatic carbocycles. The molecule has 4 heteroatoms. The maximum Gasteiger partial charge on any atom is 0.331 e. The molecule has 0 unspecified atom stereocenters. The topological polar surface area (TPSA) is 52.6 Å². The molecule has 0 aromatic carbocycles. The monoisotopic (exact) mass is 470 g/mol. The number of allylic oxidation sites excluding steroid dienone is 2. The van der Waals surface area contributed by atoms with E-state index in [1.807, 2.05) is 0 Å². The predicted molar refractivity (Wildman–Crippen MR) is 135 cm³/mol. The van der Waals surface area contributed by atoms with Crippen LogP contribution in [0, 0.1) is 53.3 Å². The average Bonchev–Trinajstić information content (AvgIpc) is 3.35. The summed E-state index contributed by atoms with van der Waals surface area (Å²) in [6.07, 6.45) is 13.4. The van der Waals surface area contributed by atoms with Gasteiger partial charge in [0, 0.05) is 6.08 Å². The molecule has 0 heterocycles. The van der Waals surface area contributed by atoms with Gasteiger partial charge in [0.25, 0.3) is 0 Å². The van der Waals surface area contributed by atoms with Gasteiger partial charge in [-0.25, -0.2) is 4.79 Å². The standard InChI is InChI=1S/C30H46O4/c1-17(2)23-11-7-19(5)13-26(23)33-28(31)16-25-21-9-10-22(15-21)29(25)30(32)34-27-14-20(6)8-12-24(27)18(3)4/h9-10,16-24,26-27,29H,7-8,11-15H2,1-6H3/b25-16-/t19-,20-,21+,22-,23+,24+,26-,27-,29+/m0/s1. The molecule has 0 N–H and O–H groups in total. The van der Waals surface area contributed by atoms with E-state index in [9.17, 15) is 9.59 Å². The first-order chi connectivity index (χ1) is 16.1. The zero-order valence-electron chi connectivity index (χ0n) is 22.2. The highest BCUT2D eigenvalue weighted by Crippen LogP contribution is 2.49. The van der Waals surface area contributed by atoms with Crippen LogP contribution in [0.4, 0.5) is 0 Å². The maximum atomic E-state index is 13.5. The second-order valence-electron chi connectivity index (χ2n) is 12.6. The number of carbonyl (C=O) groups excluding carboxylic acids is 2. The van der Waals surface area contributed by atoms with Crippen molar-refractivity contribution in [2.24, 2.45) is 53.3 Å². The van der Waals surface area contributed by atoms with Crippen LogP contribution in [-0.4, -0.2) is 24.1 Å². The summed E-state index contributed by atoms with van der Waals surface area (Å²) >= 11 is 0. The first-order valence-corrected chi connectivity index (χ1v) is 13.9. The number of esters is 2. The molecular weight excluding hydrogens is 424 g/mol. The van der Waals surface area contributed by atoms with Crippen molar-refractivity contribution in [3.05, 3.63) is 23.8 Å². The van der Waals surface area contributed by atoms with E-state index < -0.39 is 0 Å². The van der Waals surface area contributed by atoms with Gasteiger partial charge in [-0.05, 0) is 85.0 Å². The zero-order chi connectivity index (χ0) is 24.6. The Morgan fingerprint density at radius 1 is 0.824 bits per heavy atom. The van der Waals surface area contributed by atoms with E-state index in [2.05, 4.69) is 53.7 Å². The third-order valence-electron chi connectivity index (χ3n) is 9.33. The summed E-state index contributed by atoms with van der Waals surface area (Å²) in [4.78, 5) is 26.6. The van der Waals surface area contributed by atoms with Crippen LogP contribution in [0.25, 0.3) is 0 Å². The molecule has 0 amide bonds. The molecule has 190 valence electrons. The Kier molecular flexibility index (Phi) is 7.94. The Bertz CT molecular complexity index is 809. The van der Waals surface area contributed by atoms with Crippen molar-refractivity contribution in [2.45, 2.75) is 98.7 Å². The Hall–Kier alpha value is -1.58. The summed E-state index contributed by atoms with van der Waals surface area (Å²) in [6.45, 7) is 13.4. The van der Waals surface area contributed by atoms with E-state index >= 15 is 0 Å². The third kappa shape index (κ3) is 5.46. The molecule has 9 atom stereocenters. The van der Waals surface area contributed by atoms with Gasteiger partial charge in [0.05, 0.1) is 5.92 Å². The fraction of sp³-hybridized carbons (Fsp3) is 0.800. The predicted octanol–water partition coefficient (Wildman–Crippen LogP) is 6.74. The van der Waals surface area contributed by atoms with Gasteiger partial charge < -0.3 is 9.47 Å². The van der Waals surface area contributed by atoms with Gasteiger partial charge in [0.2, 0.25) is 0 Å². The summed E-state index contributed by atoms with van der Waals surface area (Å²) in [5.74, 6) is 2.58. The summed E-state index contributed by atoms with van der Waals surface area (Å²) in [5.41, 5.74) is 0.914. The van der Waals surface area contributed by atoms with Crippen LogP contribution in [0.1, 0.15) is 86.5 Å². The highest BCUT2D eigenvalue weighted by Gasteiger charge is 2.47. The molecule has 34 heavy (non-hydrogen) atoms. The molecule has 4 nitrogen and oxygen atoms in total. The van der Waals surface area contributed by atoms with Crippen LogP contribution < -0.4 is 0 Å². The number of rotatable bonds is 6. The van der Waals surface area contributed by atoms with Gasteiger partial charge in [-0.1, -0.05) is 66.5 Å². The molecule has 0 saturated heterocycles. The molecule has 2 bridgehead atoms. The summed E-state index contributed by atoms with van der Waals surface area (Å²) in [6, 6.07) is 0. The summed E-state index contributed by atoms with van der Waals surface area (Å²) in [5, 5.41) is 0. The Labute approximate surface area is 206 Å². The van der Waals surface area contributed by atoms with Gasteiger partial charge in [-0.15, -0.1) is 0 Å². The van der Waals surface area contributed by atoms with E-state index in [0.29, 0.717) is 35.5 Å². The highest BCUT2D eigenvalue weighted by atomic mass is 16.5. The second-order valence-corrected chi connectivity index (χ2v) is 12.6. The van der Waals surface area contributed by atoms with Gasteiger partial charge >= 0.3 is 11.9 Å². The van der Waals surface area contributed by atoms with Gasteiger partial charge in [0.15, 0.2) is 0 Å². The Morgan fingerprint density at radius 3 is 1.94 bits per heavy atom. The molecule has 0 aromatic heterocycles. The fourth-order valence-electron chi connectivity index (χ4n) is 7.25. The van der Waals surface area contributed by atoms with Gasteiger partial charge in [-0.2, -0.15) is 0 Å². The van der Waals surface area contributed by atoms with Crippen LogP contribution in [0.2, 0.25) is 0 Å². The lowest BCUT2D eigenvalue weighted by Gasteiger charge is -2.37. The number of ether oxygens (including phenoxy) is 2. The van der Waals surface area contributed by atoms with E-state index in [-0.39, 0.29) is 41.9 Å². The number of fused-ring (bicyclic) bond motifs is 2. The summed E-state index contributed by atoms with van der Waals surface area (Å²) < 4.78 is 12.3. The van der Waals surface area contributed by atoms with E-state index in [1.54, 1.807) is 6.08 Å². The van der Waals surface area contributed by atoms with Crippen LogP contribution in [0.3, 0.4) is 0 Å². The van der Waals surface area contributed by atoms with Crippen molar-refractivity contribution < 1.29 is 19.1 Å². The quantitative estimate of drug-likeness (QED) is 0.245. The normalized spacial score (nSPS) is 40.8. The Morgan fingerprint density at radius 2 is 1.38 bits per heavy atom. The van der Waals surface area contributed by atoms with Gasteiger partial charge in [-0.3, -0.25) is 4.79 Å². The van der Waals surface area contributed by atoms with Crippen molar-refractivity contribution in [1.29, 1.82) is 0 Å². The van der Waals surface area contributed by atoms with E-state index in [4.69, 9.17) is 9.47 Å². The number of hydrogen-bond donors (Lipinski definition) is 0. The first-order valence-electron chi connectivity index (χ1n) is 13.9. The average molecular weight is 471 g/mol. The molecule has 3 saturated carbocycles. The van der Waals surface area contributed by atoms with E-state index in [0.717, 1.165) is 37.7 Å². The Balaban J connectivity index is 1.47. The lowest BCUT2D eigenvalue weighted by atomic mass is 9.75. The molecule has 3 fully saturated rings. The summed E-state index contributed by atoms with van der Waals surface area (Å²) in [7, 11) is 0. The first kappa shape index (κ1) is 25.5. The second kappa shape index (κ2) is 10.6. The van der Waals surface area contributed by atoms with Gasteiger partial charge in [0.1, 0.15) is 12.2 Å². The lowest BCUT2D eigenvalue weighted by molar-refractivity contribution is -0.160. The smallest absolute Gasteiger partial charge is 0.331 e. The van der Waals surface area contributed by atoms with Crippen molar-refractivity contribution in [2.75, 3.05) is 0 Å². The molecule has 0 aliphatic heterocycles. The number of carbonyl (C=O) groups is 2. The van der Waals surface area contributed by atoms with Crippen molar-refractivity contribution in [3.63, 3.8) is 0 Å². The maximum absolute atomic E-state index is 13.5. The molecule has 4 aliphatic rings. The van der Waals surface area contributed by atoms with Crippen LogP contribution in [-0.2, 0) is 19.1 Å². The SMILES string of the molecule is CC(C)[C@H]1CC[C@H](C)C[C@@H]1OC(=O)/C=C1/[C@@H]2C=C[C@@H](C2)[C@H]1C(=O)O[C@H]1C[C@@H](C)CC[C@@H]1C(C)C. The molecule has 4 rings (SSSR count). The van der Waals surface area contributed by atoms with Crippen molar-refractivity contribution in [1.82, 2.24) is 0 Å². The van der Waals surface area contributed by atoms with Crippen LogP contribution in [0.15, 0.2) is 23.8 Å². The highest BCUT2D eigenvalue weighted by molar-refractivity contribution is 5.87.